The van der Waals surface area contributed by atoms with Gasteiger partial charge in [-0.15, -0.1) is 0 Å². The van der Waals surface area contributed by atoms with Crippen molar-refractivity contribution in [2.24, 2.45) is 0 Å². The van der Waals surface area contributed by atoms with Crippen molar-refractivity contribution in [3.05, 3.63) is 30.1 Å². The molecule has 0 unspecified atom stereocenters. The zero-order chi connectivity index (χ0) is 15.2. The molecule has 0 aromatic heterocycles. The normalized spacial score (nSPS) is 17.2. The van der Waals surface area contributed by atoms with Gasteiger partial charge in [-0.2, -0.15) is 0 Å². The van der Waals surface area contributed by atoms with Gasteiger partial charge in [0.15, 0.2) is 0 Å². The molecule has 1 amide bonds. The van der Waals surface area contributed by atoms with Crippen LogP contribution in [-0.2, 0) is 9.59 Å². The number of carbonyl (C=O) groups excluding carboxylic acids is 2. The van der Waals surface area contributed by atoms with E-state index in [0.717, 1.165) is 18.0 Å². The minimum absolute atomic E-state index is 0.172. The molecule has 1 aromatic rings. The Morgan fingerprint density at radius 1 is 1.38 bits per heavy atom. The van der Waals surface area contributed by atoms with Crippen LogP contribution in [0.3, 0.4) is 0 Å². The van der Waals surface area contributed by atoms with Crippen molar-refractivity contribution in [3.8, 4) is 0 Å². The van der Waals surface area contributed by atoms with Gasteiger partial charge in [-0.1, -0.05) is 6.07 Å². The molecule has 1 aromatic carbocycles. The topological polar surface area (TPSA) is 90.3 Å². The lowest BCUT2D eigenvalue weighted by Gasteiger charge is -2.30. The second-order valence-corrected chi connectivity index (χ2v) is 5.16. The van der Waals surface area contributed by atoms with E-state index in [4.69, 9.17) is 0 Å². The Kier molecular flexibility index (Phi) is 5.24. The first kappa shape index (κ1) is 15.4. The van der Waals surface area contributed by atoms with Crippen LogP contribution in [0.2, 0.25) is 0 Å². The predicted octanol–water partition coefficient (Wildman–Crippen LogP) is -3.27. The number of rotatable bonds is 5. The highest BCUT2D eigenvalue weighted by Gasteiger charge is 2.29. The molecular weight excluding hydrogens is 277 g/mol. The molecule has 0 radical (unpaired) electrons. The summed E-state index contributed by atoms with van der Waals surface area (Å²) >= 11 is 0. The van der Waals surface area contributed by atoms with E-state index < -0.39 is 23.7 Å². The van der Waals surface area contributed by atoms with Gasteiger partial charge in [-0.05, 0) is 18.2 Å². The quantitative estimate of drug-likeness (QED) is 0.533. The molecule has 0 bridgehead atoms. The summed E-state index contributed by atoms with van der Waals surface area (Å²) < 4.78 is 13.0. The minimum Gasteiger partial charge on any atom is -0.544 e. The number of hydrogen-bond acceptors (Lipinski definition) is 3. The van der Waals surface area contributed by atoms with E-state index in [9.17, 15) is 19.1 Å². The summed E-state index contributed by atoms with van der Waals surface area (Å²) in [6, 6.07) is 4.63. The van der Waals surface area contributed by atoms with Crippen LogP contribution in [0, 0.1) is 5.82 Å². The highest BCUT2D eigenvalue weighted by atomic mass is 19.1. The lowest BCUT2D eigenvalue weighted by Crippen LogP contribution is -3.24. The van der Waals surface area contributed by atoms with Crippen molar-refractivity contribution >= 4 is 17.6 Å². The van der Waals surface area contributed by atoms with Crippen LogP contribution in [0.1, 0.15) is 6.42 Å². The van der Waals surface area contributed by atoms with Crippen molar-refractivity contribution in [2.45, 2.75) is 12.5 Å². The number of nitrogens with two attached hydrogens (primary N) is 1. The van der Waals surface area contributed by atoms with Crippen molar-refractivity contribution in [1.82, 2.24) is 0 Å². The van der Waals surface area contributed by atoms with Gasteiger partial charge in [0.2, 0.25) is 5.91 Å². The Morgan fingerprint density at radius 3 is 2.71 bits per heavy atom. The molecule has 1 aliphatic heterocycles. The fourth-order valence-electron chi connectivity index (χ4n) is 2.55. The number of benzene rings is 1. The first-order valence-electron chi connectivity index (χ1n) is 6.99. The number of halogens is 1. The Balaban J connectivity index is 1.96. The molecule has 7 heteroatoms. The maximum absolute atomic E-state index is 13.0. The summed E-state index contributed by atoms with van der Waals surface area (Å²) in [4.78, 5) is 24.0. The van der Waals surface area contributed by atoms with E-state index >= 15 is 0 Å². The molecule has 1 atom stereocenters. The van der Waals surface area contributed by atoms with Crippen LogP contribution in [0.5, 0.6) is 0 Å². The minimum atomic E-state index is -1.22. The van der Waals surface area contributed by atoms with Gasteiger partial charge in [0.1, 0.15) is 38.0 Å². The molecule has 6 nitrogen and oxygen atoms in total. The molecule has 0 saturated carbocycles. The average molecular weight is 296 g/mol. The summed E-state index contributed by atoms with van der Waals surface area (Å²) in [5.41, 5.74) is 0.319. The van der Waals surface area contributed by atoms with E-state index in [1.807, 2.05) is 0 Å². The lowest BCUT2D eigenvalue weighted by molar-refractivity contribution is -0.961. The Morgan fingerprint density at radius 2 is 2.10 bits per heavy atom. The summed E-state index contributed by atoms with van der Waals surface area (Å²) in [5, 5.41) is 15.9. The summed E-state index contributed by atoms with van der Waals surface area (Å²) in [5.74, 6) is -2.13. The number of carboxylic acid groups (broad SMARTS) is 1. The first-order valence-corrected chi connectivity index (χ1v) is 6.99. The molecular formula is C14H19FN3O3+. The maximum Gasteiger partial charge on any atom is 0.230 e. The Labute approximate surface area is 121 Å². The SMILES string of the molecule is O=C(C[C@@H](C(=O)[O-])[NH+]1CC[NH2+]CC1)Nc1cccc(F)c1. The van der Waals surface area contributed by atoms with Gasteiger partial charge < -0.3 is 25.4 Å². The largest absolute Gasteiger partial charge is 0.544 e. The summed E-state index contributed by atoms with van der Waals surface area (Å²) in [6.07, 6.45) is -0.172. The molecule has 4 N–H and O–H groups in total. The van der Waals surface area contributed by atoms with E-state index in [1.165, 1.54) is 18.2 Å². The summed E-state index contributed by atoms with van der Waals surface area (Å²) in [7, 11) is 0. The van der Waals surface area contributed by atoms with Gasteiger partial charge in [-0.3, -0.25) is 4.79 Å². The molecule has 1 aliphatic rings. The summed E-state index contributed by atoms with van der Waals surface area (Å²) in [6.45, 7) is 3.05. The van der Waals surface area contributed by atoms with Crippen LogP contribution in [-0.4, -0.2) is 44.1 Å². The van der Waals surface area contributed by atoms with Crippen LogP contribution in [0.25, 0.3) is 0 Å². The van der Waals surface area contributed by atoms with E-state index in [2.05, 4.69) is 10.6 Å². The second kappa shape index (κ2) is 7.14. The van der Waals surface area contributed by atoms with Crippen LogP contribution < -0.4 is 20.6 Å². The number of piperazine rings is 1. The van der Waals surface area contributed by atoms with Crippen LogP contribution >= 0.6 is 0 Å². The number of hydrogen-bond donors (Lipinski definition) is 3. The van der Waals surface area contributed by atoms with Gasteiger partial charge in [0.05, 0.1) is 12.4 Å². The van der Waals surface area contributed by atoms with Crippen molar-refractivity contribution in [3.63, 3.8) is 0 Å². The monoisotopic (exact) mass is 296 g/mol. The average Bonchev–Trinajstić information content (AvgIpc) is 2.45. The van der Waals surface area contributed by atoms with Crippen LogP contribution in [0.4, 0.5) is 10.1 Å². The van der Waals surface area contributed by atoms with Crippen molar-refractivity contribution in [2.75, 3.05) is 31.5 Å². The van der Waals surface area contributed by atoms with Crippen LogP contribution in [0.15, 0.2) is 24.3 Å². The number of aliphatic carboxylic acids is 1. The zero-order valence-electron chi connectivity index (χ0n) is 11.6. The Hall–Kier alpha value is -1.99. The number of quaternary nitrogens is 2. The van der Waals surface area contributed by atoms with E-state index in [1.54, 1.807) is 6.07 Å². The molecule has 1 saturated heterocycles. The van der Waals surface area contributed by atoms with Gasteiger partial charge in [0, 0.05) is 5.69 Å². The first-order chi connectivity index (χ1) is 10.1. The molecule has 2 rings (SSSR count). The third kappa shape index (κ3) is 4.51. The van der Waals surface area contributed by atoms with Gasteiger partial charge in [-0.25, -0.2) is 4.39 Å². The van der Waals surface area contributed by atoms with E-state index in [0.29, 0.717) is 18.8 Å². The third-order valence-corrected chi connectivity index (χ3v) is 3.61. The number of anilines is 1. The lowest BCUT2D eigenvalue weighted by atomic mass is 10.1. The highest BCUT2D eigenvalue weighted by Crippen LogP contribution is 2.09. The predicted molar refractivity (Wildman–Crippen MR) is 70.8 cm³/mol. The Bertz CT molecular complexity index is 518. The number of carbonyl (C=O) groups is 2. The fraction of sp³-hybridized carbons (Fsp3) is 0.429. The molecule has 0 spiro atoms. The van der Waals surface area contributed by atoms with Gasteiger partial charge >= 0.3 is 0 Å². The van der Waals surface area contributed by atoms with E-state index in [-0.39, 0.29) is 6.42 Å². The number of amides is 1. The molecule has 0 aliphatic carbocycles. The molecule has 114 valence electrons. The van der Waals surface area contributed by atoms with Gasteiger partial charge in [0.25, 0.3) is 0 Å². The number of nitrogens with one attached hydrogen (secondary N) is 2. The standard InChI is InChI=1S/C14H18FN3O3/c15-10-2-1-3-11(8-10)17-13(19)9-12(14(20)21)18-6-4-16-5-7-18/h1-3,8,12,16H,4-7,9H2,(H,17,19)(H,20,21)/p+1/t12-/m0/s1. The van der Waals surface area contributed by atoms with Crippen molar-refractivity contribution in [1.29, 1.82) is 0 Å². The highest BCUT2D eigenvalue weighted by molar-refractivity contribution is 5.93. The van der Waals surface area contributed by atoms with Crippen molar-refractivity contribution < 1.29 is 29.3 Å². The number of carboxylic acids is 1. The molecule has 1 heterocycles. The fourth-order valence-corrected chi connectivity index (χ4v) is 2.55. The maximum atomic E-state index is 13.0. The third-order valence-electron chi connectivity index (χ3n) is 3.61. The smallest absolute Gasteiger partial charge is 0.230 e. The second-order valence-electron chi connectivity index (χ2n) is 5.16. The zero-order valence-corrected chi connectivity index (χ0v) is 11.6. The molecule has 21 heavy (non-hydrogen) atoms. The molecule has 1 fully saturated rings.